The molecule has 1 aromatic carbocycles. The summed E-state index contributed by atoms with van der Waals surface area (Å²) in [6.07, 6.45) is -0.159. The topological polar surface area (TPSA) is 12.0 Å². The van der Waals surface area contributed by atoms with Crippen LogP contribution in [0.1, 0.15) is 23.1 Å². The van der Waals surface area contributed by atoms with Crippen LogP contribution in [0.2, 0.25) is 0 Å². The minimum Gasteiger partial charge on any atom is -0.320 e. The minimum absolute atomic E-state index is 0.151. The number of nitrogens with one attached hydrogen (secondary N) is 1. The van der Waals surface area contributed by atoms with Gasteiger partial charge in [0.05, 0.1) is 0 Å². The standard InChI is InChI=1S/C12H17F2N/c1-9-4-5-10(2)11(8-9)12(13,14)6-7-15-3/h4-5,8,15H,6-7H2,1-3H3. The molecule has 0 spiro atoms. The van der Waals surface area contributed by atoms with Crippen molar-refractivity contribution in [3.8, 4) is 0 Å². The highest BCUT2D eigenvalue weighted by Crippen LogP contribution is 2.33. The molecule has 0 unspecified atom stereocenters. The molecule has 3 heteroatoms. The van der Waals surface area contributed by atoms with Crippen molar-refractivity contribution >= 4 is 0 Å². The smallest absolute Gasteiger partial charge is 0.274 e. The molecule has 0 heterocycles. The SMILES string of the molecule is CNCCC(F)(F)c1cc(C)ccc1C. The van der Waals surface area contributed by atoms with Crippen LogP contribution in [-0.4, -0.2) is 13.6 Å². The molecule has 0 aliphatic heterocycles. The van der Waals surface area contributed by atoms with Crippen molar-refractivity contribution in [3.05, 3.63) is 34.9 Å². The quantitative estimate of drug-likeness (QED) is 0.810. The molecule has 0 radical (unpaired) electrons. The molecule has 1 nitrogen and oxygen atoms in total. The Kier molecular flexibility index (Phi) is 3.80. The van der Waals surface area contributed by atoms with Crippen molar-refractivity contribution < 1.29 is 8.78 Å². The highest BCUT2D eigenvalue weighted by Gasteiger charge is 2.32. The molecule has 1 aromatic rings. The summed E-state index contributed by atoms with van der Waals surface area (Å²) in [5.74, 6) is -2.74. The van der Waals surface area contributed by atoms with Gasteiger partial charge in [-0.15, -0.1) is 0 Å². The zero-order valence-corrected chi connectivity index (χ0v) is 9.40. The average molecular weight is 213 g/mol. The first-order chi connectivity index (χ1) is 6.97. The Labute approximate surface area is 89.5 Å². The van der Waals surface area contributed by atoms with Crippen LogP contribution in [-0.2, 0) is 5.92 Å². The molecule has 15 heavy (non-hydrogen) atoms. The van der Waals surface area contributed by atoms with Crippen LogP contribution < -0.4 is 5.32 Å². The van der Waals surface area contributed by atoms with Crippen LogP contribution >= 0.6 is 0 Å². The normalized spacial score (nSPS) is 11.8. The Morgan fingerprint density at radius 3 is 2.53 bits per heavy atom. The van der Waals surface area contributed by atoms with Gasteiger partial charge in [0.1, 0.15) is 0 Å². The van der Waals surface area contributed by atoms with E-state index < -0.39 is 5.92 Å². The fraction of sp³-hybridized carbons (Fsp3) is 0.500. The largest absolute Gasteiger partial charge is 0.320 e. The van der Waals surface area contributed by atoms with Gasteiger partial charge in [-0.1, -0.05) is 17.7 Å². The van der Waals surface area contributed by atoms with E-state index >= 15 is 0 Å². The van der Waals surface area contributed by atoms with Gasteiger partial charge in [-0.3, -0.25) is 0 Å². The summed E-state index contributed by atoms with van der Waals surface area (Å²) in [5, 5.41) is 2.75. The van der Waals surface area contributed by atoms with Gasteiger partial charge in [-0.05, 0) is 32.5 Å². The highest BCUT2D eigenvalue weighted by molar-refractivity contribution is 5.33. The maximum atomic E-state index is 13.7. The lowest BCUT2D eigenvalue weighted by molar-refractivity contribution is -0.0130. The third-order valence-corrected chi connectivity index (χ3v) is 2.48. The Morgan fingerprint density at radius 1 is 1.27 bits per heavy atom. The maximum Gasteiger partial charge on any atom is 0.274 e. The maximum absolute atomic E-state index is 13.7. The number of hydrogen-bond donors (Lipinski definition) is 1. The highest BCUT2D eigenvalue weighted by atomic mass is 19.3. The van der Waals surface area contributed by atoms with Gasteiger partial charge < -0.3 is 5.32 Å². The first kappa shape index (κ1) is 12.1. The molecule has 0 aromatic heterocycles. The van der Waals surface area contributed by atoms with Crippen LogP contribution in [0.25, 0.3) is 0 Å². The lowest BCUT2D eigenvalue weighted by Gasteiger charge is -2.19. The monoisotopic (exact) mass is 213 g/mol. The molecule has 0 fully saturated rings. The molecule has 0 saturated heterocycles. The van der Waals surface area contributed by atoms with Crippen molar-refractivity contribution in [2.24, 2.45) is 0 Å². The van der Waals surface area contributed by atoms with Crippen molar-refractivity contribution in [2.75, 3.05) is 13.6 Å². The fourth-order valence-electron chi connectivity index (χ4n) is 1.55. The predicted molar refractivity (Wildman–Crippen MR) is 58.4 cm³/mol. The molecule has 0 amide bonds. The summed E-state index contributed by atoms with van der Waals surface area (Å²) < 4.78 is 27.5. The van der Waals surface area contributed by atoms with E-state index in [0.717, 1.165) is 5.56 Å². The van der Waals surface area contributed by atoms with Crippen molar-refractivity contribution in [1.82, 2.24) is 5.32 Å². The van der Waals surface area contributed by atoms with Crippen LogP contribution in [0.4, 0.5) is 8.78 Å². The van der Waals surface area contributed by atoms with E-state index in [1.807, 2.05) is 13.0 Å². The molecule has 0 atom stereocenters. The summed E-state index contributed by atoms with van der Waals surface area (Å²) in [4.78, 5) is 0. The van der Waals surface area contributed by atoms with Crippen molar-refractivity contribution in [3.63, 3.8) is 0 Å². The lowest BCUT2D eigenvalue weighted by atomic mass is 9.98. The van der Waals surface area contributed by atoms with Crippen molar-refractivity contribution in [2.45, 2.75) is 26.2 Å². The van der Waals surface area contributed by atoms with Crippen LogP contribution in [0.3, 0.4) is 0 Å². The van der Waals surface area contributed by atoms with Gasteiger partial charge in [0, 0.05) is 18.5 Å². The number of benzene rings is 1. The Bertz CT molecular complexity index is 334. The zero-order valence-electron chi connectivity index (χ0n) is 9.40. The van der Waals surface area contributed by atoms with Gasteiger partial charge in [0.2, 0.25) is 0 Å². The van der Waals surface area contributed by atoms with E-state index in [1.165, 1.54) is 0 Å². The molecule has 0 aliphatic carbocycles. The average Bonchev–Trinajstić information content (AvgIpc) is 2.18. The third-order valence-electron chi connectivity index (χ3n) is 2.48. The molecule has 0 saturated carbocycles. The molecule has 0 aliphatic rings. The van der Waals surface area contributed by atoms with E-state index in [-0.39, 0.29) is 12.0 Å². The van der Waals surface area contributed by atoms with E-state index in [2.05, 4.69) is 5.32 Å². The van der Waals surface area contributed by atoms with E-state index in [0.29, 0.717) is 12.1 Å². The van der Waals surface area contributed by atoms with Crippen LogP contribution in [0, 0.1) is 13.8 Å². The van der Waals surface area contributed by atoms with Gasteiger partial charge >= 0.3 is 0 Å². The van der Waals surface area contributed by atoms with Gasteiger partial charge in [-0.25, -0.2) is 8.78 Å². The number of alkyl halides is 2. The second-order valence-electron chi connectivity index (χ2n) is 3.88. The second kappa shape index (κ2) is 4.71. The van der Waals surface area contributed by atoms with E-state index in [1.54, 1.807) is 26.1 Å². The Morgan fingerprint density at radius 2 is 1.93 bits per heavy atom. The molecule has 0 bridgehead atoms. The van der Waals surface area contributed by atoms with Gasteiger partial charge in [-0.2, -0.15) is 0 Å². The molecular weight excluding hydrogens is 196 g/mol. The zero-order chi connectivity index (χ0) is 11.5. The third kappa shape index (κ3) is 2.99. The summed E-state index contributed by atoms with van der Waals surface area (Å²) >= 11 is 0. The summed E-state index contributed by atoms with van der Waals surface area (Å²) in [7, 11) is 1.68. The minimum atomic E-state index is -2.74. The Hall–Kier alpha value is -0.960. The van der Waals surface area contributed by atoms with E-state index in [9.17, 15) is 8.78 Å². The van der Waals surface area contributed by atoms with E-state index in [4.69, 9.17) is 0 Å². The first-order valence-electron chi connectivity index (χ1n) is 5.07. The molecule has 1 N–H and O–H groups in total. The summed E-state index contributed by atoms with van der Waals surface area (Å²) in [6.45, 7) is 3.87. The Balaban J connectivity index is 2.97. The van der Waals surface area contributed by atoms with Gasteiger partial charge in [0.15, 0.2) is 0 Å². The fourth-order valence-corrected chi connectivity index (χ4v) is 1.55. The number of rotatable bonds is 4. The predicted octanol–water partition coefficient (Wildman–Crippen LogP) is 3.00. The summed E-state index contributed by atoms with van der Waals surface area (Å²) in [6, 6.07) is 5.18. The van der Waals surface area contributed by atoms with Crippen LogP contribution in [0.5, 0.6) is 0 Å². The number of hydrogen-bond acceptors (Lipinski definition) is 1. The number of halogens is 2. The number of aryl methyl sites for hydroxylation is 2. The lowest BCUT2D eigenvalue weighted by Crippen LogP contribution is -2.22. The molecule has 84 valence electrons. The van der Waals surface area contributed by atoms with Crippen molar-refractivity contribution in [1.29, 1.82) is 0 Å². The first-order valence-corrected chi connectivity index (χ1v) is 5.07. The van der Waals surface area contributed by atoms with Crippen LogP contribution in [0.15, 0.2) is 18.2 Å². The molecule has 1 rings (SSSR count). The summed E-state index contributed by atoms with van der Waals surface area (Å²) in [5.41, 5.74) is 1.68. The second-order valence-corrected chi connectivity index (χ2v) is 3.88. The molecular formula is C12H17F2N. The van der Waals surface area contributed by atoms with Gasteiger partial charge in [0.25, 0.3) is 5.92 Å².